The quantitative estimate of drug-likeness (QED) is 0.841. The monoisotopic (exact) mass is 250 g/mol. The number of hydrogen-bond acceptors (Lipinski definition) is 2. The lowest BCUT2D eigenvalue weighted by Gasteiger charge is -2.17. The SMILES string of the molecule is CCN(C)C(=O)Nc1ccccc1CCC(=O)O. The molecule has 0 aromatic heterocycles. The predicted molar refractivity (Wildman–Crippen MR) is 69.7 cm³/mol. The van der Waals surface area contributed by atoms with Crippen molar-refractivity contribution in [3.05, 3.63) is 29.8 Å². The Morgan fingerprint density at radius 2 is 2.00 bits per heavy atom. The van der Waals surface area contributed by atoms with E-state index in [0.717, 1.165) is 5.56 Å². The van der Waals surface area contributed by atoms with Gasteiger partial charge >= 0.3 is 12.0 Å². The van der Waals surface area contributed by atoms with E-state index >= 15 is 0 Å². The number of anilines is 1. The largest absolute Gasteiger partial charge is 0.481 e. The molecule has 0 aliphatic rings. The number of urea groups is 1. The Kier molecular flexibility index (Phi) is 5.17. The third kappa shape index (κ3) is 4.08. The van der Waals surface area contributed by atoms with Crippen molar-refractivity contribution < 1.29 is 14.7 Å². The van der Waals surface area contributed by atoms with Crippen LogP contribution in [0.5, 0.6) is 0 Å². The van der Waals surface area contributed by atoms with E-state index in [-0.39, 0.29) is 12.5 Å². The highest BCUT2D eigenvalue weighted by Crippen LogP contribution is 2.17. The van der Waals surface area contributed by atoms with Crippen LogP contribution in [0.1, 0.15) is 18.9 Å². The van der Waals surface area contributed by atoms with Gasteiger partial charge in [0.25, 0.3) is 0 Å². The second-order valence-corrected chi connectivity index (χ2v) is 4.00. The van der Waals surface area contributed by atoms with Crippen molar-refractivity contribution >= 4 is 17.7 Å². The van der Waals surface area contributed by atoms with Gasteiger partial charge in [0.05, 0.1) is 0 Å². The van der Waals surface area contributed by atoms with Gasteiger partial charge in [-0.05, 0) is 25.0 Å². The van der Waals surface area contributed by atoms with Crippen molar-refractivity contribution in [3.63, 3.8) is 0 Å². The van der Waals surface area contributed by atoms with Crippen molar-refractivity contribution in [2.45, 2.75) is 19.8 Å². The summed E-state index contributed by atoms with van der Waals surface area (Å²) in [6, 6.07) is 7.05. The molecule has 18 heavy (non-hydrogen) atoms. The number of carbonyl (C=O) groups excluding carboxylic acids is 1. The van der Waals surface area contributed by atoms with Gasteiger partial charge in [-0.2, -0.15) is 0 Å². The minimum Gasteiger partial charge on any atom is -0.481 e. The van der Waals surface area contributed by atoms with E-state index in [4.69, 9.17) is 5.11 Å². The number of aryl methyl sites for hydroxylation is 1. The Bertz CT molecular complexity index is 432. The van der Waals surface area contributed by atoms with Gasteiger partial charge in [-0.1, -0.05) is 18.2 Å². The molecule has 0 heterocycles. The zero-order valence-corrected chi connectivity index (χ0v) is 10.6. The van der Waals surface area contributed by atoms with E-state index in [1.165, 1.54) is 0 Å². The third-order valence-electron chi connectivity index (χ3n) is 2.69. The Morgan fingerprint density at radius 3 is 2.61 bits per heavy atom. The normalized spacial score (nSPS) is 9.89. The van der Waals surface area contributed by atoms with Crippen LogP contribution in [0, 0.1) is 0 Å². The van der Waals surface area contributed by atoms with Gasteiger partial charge in [-0.15, -0.1) is 0 Å². The molecule has 0 spiro atoms. The van der Waals surface area contributed by atoms with Crippen LogP contribution < -0.4 is 5.32 Å². The van der Waals surface area contributed by atoms with Crippen LogP contribution in [0.25, 0.3) is 0 Å². The zero-order chi connectivity index (χ0) is 13.5. The molecule has 2 N–H and O–H groups in total. The van der Waals surface area contributed by atoms with Crippen LogP contribution in [0.2, 0.25) is 0 Å². The number of nitrogens with one attached hydrogen (secondary N) is 1. The molecule has 1 aromatic carbocycles. The summed E-state index contributed by atoms with van der Waals surface area (Å²) in [4.78, 5) is 23.8. The first-order valence-electron chi connectivity index (χ1n) is 5.86. The van der Waals surface area contributed by atoms with Crippen molar-refractivity contribution in [2.24, 2.45) is 0 Å². The van der Waals surface area contributed by atoms with Crippen molar-refractivity contribution in [2.75, 3.05) is 18.9 Å². The number of rotatable bonds is 5. The molecule has 0 atom stereocenters. The molecule has 0 aliphatic heterocycles. The van der Waals surface area contributed by atoms with E-state index in [0.29, 0.717) is 18.7 Å². The molecule has 0 bridgehead atoms. The molecular weight excluding hydrogens is 232 g/mol. The Labute approximate surface area is 106 Å². The fourth-order valence-electron chi connectivity index (χ4n) is 1.46. The molecule has 5 heteroatoms. The minimum absolute atomic E-state index is 0.0521. The number of para-hydroxylation sites is 1. The molecule has 0 saturated carbocycles. The molecule has 1 aromatic rings. The minimum atomic E-state index is -0.846. The van der Waals surface area contributed by atoms with Crippen LogP contribution in [0.15, 0.2) is 24.3 Å². The maximum absolute atomic E-state index is 11.7. The molecule has 0 radical (unpaired) electrons. The standard InChI is InChI=1S/C13H18N2O3/c1-3-15(2)13(18)14-11-7-5-4-6-10(11)8-9-12(16)17/h4-7H,3,8-9H2,1-2H3,(H,14,18)(H,16,17). The number of carbonyl (C=O) groups is 2. The average Bonchev–Trinajstić information content (AvgIpc) is 2.36. The topological polar surface area (TPSA) is 69.6 Å². The highest BCUT2D eigenvalue weighted by Gasteiger charge is 2.10. The maximum Gasteiger partial charge on any atom is 0.321 e. The molecule has 98 valence electrons. The third-order valence-corrected chi connectivity index (χ3v) is 2.69. The van der Waals surface area contributed by atoms with Crippen molar-refractivity contribution in [1.82, 2.24) is 4.90 Å². The van der Waals surface area contributed by atoms with E-state index in [1.54, 1.807) is 18.0 Å². The van der Waals surface area contributed by atoms with Crippen LogP contribution >= 0.6 is 0 Å². The molecule has 0 fully saturated rings. The lowest BCUT2D eigenvalue weighted by molar-refractivity contribution is -0.136. The summed E-state index contributed by atoms with van der Waals surface area (Å²) in [7, 11) is 1.70. The average molecular weight is 250 g/mol. The number of benzene rings is 1. The van der Waals surface area contributed by atoms with Gasteiger partial charge in [0.15, 0.2) is 0 Å². The first kappa shape index (κ1) is 14.0. The summed E-state index contributed by atoms with van der Waals surface area (Å²) in [5.74, 6) is -0.846. The van der Waals surface area contributed by atoms with E-state index in [1.807, 2.05) is 25.1 Å². The van der Waals surface area contributed by atoms with Crippen LogP contribution in [0.4, 0.5) is 10.5 Å². The fourth-order valence-corrected chi connectivity index (χ4v) is 1.46. The fraction of sp³-hybridized carbons (Fsp3) is 0.385. The predicted octanol–water partition coefficient (Wildman–Crippen LogP) is 2.19. The summed E-state index contributed by atoms with van der Waals surface area (Å²) < 4.78 is 0. The first-order chi connectivity index (χ1) is 8.54. The Hall–Kier alpha value is -2.04. The molecule has 2 amide bonds. The summed E-state index contributed by atoms with van der Waals surface area (Å²) >= 11 is 0. The molecule has 0 unspecified atom stereocenters. The van der Waals surface area contributed by atoms with E-state index < -0.39 is 5.97 Å². The van der Waals surface area contributed by atoms with Gasteiger partial charge in [0.1, 0.15) is 0 Å². The molecule has 0 aliphatic carbocycles. The van der Waals surface area contributed by atoms with Gasteiger partial charge in [-0.3, -0.25) is 4.79 Å². The number of nitrogens with zero attached hydrogens (tertiary/aromatic N) is 1. The number of carboxylic acids is 1. The smallest absolute Gasteiger partial charge is 0.321 e. The summed E-state index contributed by atoms with van der Waals surface area (Å²) in [5.41, 5.74) is 1.50. The number of carboxylic acid groups (broad SMARTS) is 1. The second kappa shape index (κ2) is 6.64. The lowest BCUT2D eigenvalue weighted by atomic mass is 10.1. The Balaban J connectivity index is 2.75. The molecule has 0 saturated heterocycles. The summed E-state index contributed by atoms with van der Waals surface area (Å²) in [6.07, 6.45) is 0.456. The van der Waals surface area contributed by atoms with Crippen LogP contribution in [-0.2, 0) is 11.2 Å². The first-order valence-corrected chi connectivity index (χ1v) is 5.86. The maximum atomic E-state index is 11.7. The van der Waals surface area contributed by atoms with Gasteiger partial charge in [0.2, 0.25) is 0 Å². The second-order valence-electron chi connectivity index (χ2n) is 4.00. The molecular formula is C13H18N2O3. The Morgan fingerprint density at radius 1 is 1.33 bits per heavy atom. The van der Waals surface area contributed by atoms with Gasteiger partial charge < -0.3 is 15.3 Å². The van der Waals surface area contributed by atoms with Crippen molar-refractivity contribution in [3.8, 4) is 0 Å². The number of amides is 2. The summed E-state index contributed by atoms with van der Waals surface area (Å²) in [6.45, 7) is 2.50. The summed E-state index contributed by atoms with van der Waals surface area (Å²) in [5, 5.41) is 11.5. The highest BCUT2D eigenvalue weighted by molar-refractivity contribution is 5.90. The van der Waals surface area contributed by atoms with Crippen LogP contribution in [-0.4, -0.2) is 35.6 Å². The zero-order valence-electron chi connectivity index (χ0n) is 10.6. The number of hydrogen-bond donors (Lipinski definition) is 2. The van der Waals surface area contributed by atoms with Gasteiger partial charge in [0, 0.05) is 25.7 Å². The van der Waals surface area contributed by atoms with Gasteiger partial charge in [-0.25, -0.2) is 4.79 Å². The highest BCUT2D eigenvalue weighted by atomic mass is 16.4. The van der Waals surface area contributed by atoms with E-state index in [9.17, 15) is 9.59 Å². The molecule has 5 nitrogen and oxygen atoms in total. The number of aliphatic carboxylic acids is 1. The van der Waals surface area contributed by atoms with Crippen molar-refractivity contribution in [1.29, 1.82) is 0 Å². The van der Waals surface area contributed by atoms with E-state index in [2.05, 4.69) is 5.32 Å². The lowest BCUT2D eigenvalue weighted by Crippen LogP contribution is -2.31. The van der Waals surface area contributed by atoms with Crippen LogP contribution in [0.3, 0.4) is 0 Å². The molecule has 1 rings (SSSR count).